The fourth-order valence-electron chi connectivity index (χ4n) is 4.77. The number of methoxy groups -OCH3 is 1. The number of nitrogens with zero attached hydrogens (tertiary/aromatic N) is 5. The maximum atomic E-state index is 13.3. The van der Waals surface area contributed by atoms with Crippen LogP contribution in [0.3, 0.4) is 0 Å². The molecule has 0 aliphatic carbocycles. The van der Waals surface area contributed by atoms with Gasteiger partial charge in [-0.1, -0.05) is 6.07 Å². The summed E-state index contributed by atoms with van der Waals surface area (Å²) in [4.78, 5) is 35.6. The van der Waals surface area contributed by atoms with Gasteiger partial charge in [0.1, 0.15) is 0 Å². The summed E-state index contributed by atoms with van der Waals surface area (Å²) < 4.78 is 8.75. The molecule has 33 heavy (non-hydrogen) atoms. The Morgan fingerprint density at radius 3 is 2.55 bits per heavy atom. The fourth-order valence-corrected chi connectivity index (χ4v) is 4.77. The second-order valence-electron chi connectivity index (χ2n) is 8.50. The summed E-state index contributed by atoms with van der Waals surface area (Å²) in [6, 6.07) is 9.90. The van der Waals surface area contributed by atoms with Gasteiger partial charge < -0.3 is 10.5 Å². The summed E-state index contributed by atoms with van der Waals surface area (Å²) in [6.07, 6.45) is 5.10. The van der Waals surface area contributed by atoms with Crippen LogP contribution in [0.1, 0.15) is 18.9 Å². The first kappa shape index (κ1) is 21.1. The van der Waals surface area contributed by atoms with Crippen LogP contribution >= 0.6 is 0 Å². The summed E-state index contributed by atoms with van der Waals surface area (Å²) in [5.41, 5.74) is 9.78. The Hall–Kier alpha value is -3.72. The van der Waals surface area contributed by atoms with Crippen LogP contribution < -0.4 is 16.2 Å². The van der Waals surface area contributed by atoms with Crippen LogP contribution in [-0.2, 0) is 11.8 Å². The van der Waals surface area contributed by atoms with Crippen molar-refractivity contribution >= 4 is 27.8 Å². The molecule has 1 fully saturated rings. The van der Waals surface area contributed by atoms with E-state index >= 15 is 0 Å². The first-order valence-corrected chi connectivity index (χ1v) is 11.0. The zero-order valence-corrected chi connectivity index (χ0v) is 18.7. The number of aryl methyl sites for hydroxylation is 1. The second kappa shape index (κ2) is 8.32. The van der Waals surface area contributed by atoms with Gasteiger partial charge in [-0.25, -0.2) is 9.78 Å². The molecule has 170 valence electrons. The van der Waals surface area contributed by atoms with Crippen LogP contribution in [-0.4, -0.2) is 56.7 Å². The zero-order chi connectivity index (χ0) is 23.1. The number of carbonyl (C=O) groups excluding carboxylic acids is 1. The number of benzene rings is 1. The van der Waals surface area contributed by atoms with Gasteiger partial charge >= 0.3 is 5.69 Å². The minimum absolute atomic E-state index is 0.0437. The van der Waals surface area contributed by atoms with Gasteiger partial charge in [-0.05, 0) is 36.6 Å². The Balaban J connectivity index is 1.62. The Labute approximate surface area is 190 Å². The van der Waals surface area contributed by atoms with Crippen molar-refractivity contribution in [2.75, 3.05) is 26.7 Å². The molecule has 0 atom stereocenters. The molecule has 2 N–H and O–H groups in total. The molecule has 1 aliphatic heterocycles. The minimum Gasteiger partial charge on any atom is -0.481 e. The number of nitrogens with two attached hydrogens (primary N) is 1. The zero-order valence-electron chi connectivity index (χ0n) is 18.7. The molecule has 9 nitrogen and oxygen atoms in total. The molecule has 4 heterocycles. The summed E-state index contributed by atoms with van der Waals surface area (Å²) in [5.74, 6) is 0.233. The highest BCUT2D eigenvalue weighted by Gasteiger charge is 2.26. The van der Waals surface area contributed by atoms with Crippen molar-refractivity contribution in [2.45, 2.75) is 18.9 Å². The van der Waals surface area contributed by atoms with Gasteiger partial charge in [0.2, 0.25) is 11.8 Å². The molecule has 0 radical (unpaired) electrons. The number of aromatic nitrogens is 4. The molecule has 4 aromatic rings. The Morgan fingerprint density at radius 2 is 1.88 bits per heavy atom. The van der Waals surface area contributed by atoms with E-state index in [9.17, 15) is 9.59 Å². The van der Waals surface area contributed by atoms with Gasteiger partial charge in [-0.3, -0.25) is 23.8 Å². The Morgan fingerprint density at radius 1 is 1.12 bits per heavy atom. The lowest BCUT2D eigenvalue weighted by molar-refractivity contribution is -0.119. The van der Waals surface area contributed by atoms with Crippen LogP contribution in [0.2, 0.25) is 0 Å². The fraction of sp³-hybridized carbons (Fsp3) is 0.333. The summed E-state index contributed by atoms with van der Waals surface area (Å²) >= 11 is 0. The number of carbonyl (C=O) groups is 1. The van der Waals surface area contributed by atoms with Crippen molar-refractivity contribution in [1.82, 2.24) is 24.0 Å². The number of primary amides is 1. The van der Waals surface area contributed by atoms with E-state index in [1.165, 1.54) is 0 Å². The van der Waals surface area contributed by atoms with Gasteiger partial charge in [0, 0.05) is 49.4 Å². The lowest BCUT2D eigenvalue weighted by atomic mass is 10.0. The predicted molar refractivity (Wildman–Crippen MR) is 126 cm³/mol. The number of fused-ring (bicyclic) bond motifs is 3. The highest BCUT2D eigenvalue weighted by Crippen LogP contribution is 2.32. The molecular formula is C24H26N6O3. The maximum Gasteiger partial charge on any atom is 0.329 e. The monoisotopic (exact) mass is 446 g/mol. The number of hydrogen-bond acceptors (Lipinski definition) is 6. The highest BCUT2D eigenvalue weighted by atomic mass is 16.5. The predicted octanol–water partition coefficient (Wildman–Crippen LogP) is 2.08. The van der Waals surface area contributed by atoms with Gasteiger partial charge in [0.05, 0.1) is 36.4 Å². The number of amides is 1. The molecule has 1 amide bonds. The Bertz CT molecular complexity index is 1400. The number of piperidine rings is 1. The third-order valence-electron chi connectivity index (χ3n) is 6.50. The van der Waals surface area contributed by atoms with Crippen molar-refractivity contribution in [2.24, 2.45) is 12.8 Å². The van der Waals surface area contributed by atoms with E-state index in [1.807, 2.05) is 33.7 Å². The second-order valence-corrected chi connectivity index (χ2v) is 8.50. The van der Waals surface area contributed by atoms with E-state index in [4.69, 9.17) is 10.5 Å². The van der Waals surface area contributed by atoms with Gasteiger partial charge in [0.15, 0.2) is 0 Å². The van der Waals surface area contributed by atoms with Crippen LogP contribution in [0.5, 0.6) is 5.88 Å². The van der Waals surface area contributed by atoms with E-state index in [0.717, 1.165) is 59.0 Å². The minimum atomic E-state index is -0.326. The Kier molecular flexibility index (Phi) is 5.33. The average Bonchev–Trinajstić information content (AvgIpc) is 3.09. The molecule has 0 saturated carbocycles. The summed E-state index contributed by atoms with van der Waals surface area (Å²) in [7, 11) is 3.38. The lowest BCUT2D eigenvalue weighted by Gasteiger charge is -2.31. The number of hydrogen-bond donors (Lipinski definition) is 1. The van der Waals surface area contributed by atoms with Gasteiger partial charge in [0.25, 0.3) is 0 Å². The van der Waals surface area contributed by atoms with E-state index in [-0.39, 0.29) is 24.2 Å². The molecule has 1 saturated heterocycles. The van der Waals surface area contributed by atoms with Crippen LogP contribution in [0, 0.1) is 0 Å². The van der Waals surface area contributed by atoms with E-state index in [2.05, 4.69) is 16.0 Å². The molecule has 1 aromatic carbocycles. The largest absolute Gasteiger partial charge is 0.481 e. The molecular weight excluding hydrogens is 420 g/mol. The van der Waals surface area contributed by atoms with Crippen molar-refractivity contribution in [3.05, 3.63) is 53.2 Å². The van der Waals surface area contributed by atoms with E-state index < -0.39 is 0 Å². The average molecular weight is 447 g/mol. The molecule has 5 rings (SSSR count). The number of rotatable bonds is 5. The third-order valence-corrected chi connectivity index (χ3v) is 6.50. The SMILES string of the molecule is COc1ccc(-c2ccc3ncc4c(c3c2)n(C2CCN(CC(N)=O)CC2)c(=O)n4C)cn1. The third kappa shape index (κ3) is 3.74. The summed E-state index contributed by atoms with van der Waals surface area (Å²) in [6.45, 7) is 1.70. The smallest absolute Gasteiger partial charge is 0.329 e. The number of pyridine rings is 2. The van der Waals surface area contributed by atoms with Crippen LogP contribution in [0.25, 0.3) is 33.1 Å². The van der Waals surface area contributed by atoms with Crippen molar-refractivity contribution in [1.29, 1.82) is 0 Å². The van der Waals surface area contributed by atoms with Crippen molar-refractivity contribution in [3.8, 4) is 17.0 Å². The molecule has 0 spiro atoms. The maximum absolute atomic E-state index is 13.3. The van der Waals surface area contributed by atoms with E-state index in [0.29, 0.717) is 5.88 Å². The van der Waals surface area contributed by atoms with Crippen LogP contribution in [0.15, 0.2) is 47.5 Å². The normalized spacial score (nSPS) is 15.3. The first-order valence-electron chi connectivity index (χ1n) is 11.0. The topological polar surface area (TPSA) is 108 Å². The quantitative estimate of drug-likeness (QED) is 0.503. The van der Waals surface area contributed by atoms with Gasteiger partial charge in [-0.15, -0.1) is 0 Å². The van der Waals surface area contributed by atoms with Gasteiger partial charge in [-0.2, -0.15) is 0 Å². The summed E-state index contributed by atoms with van der Waals surface area (Å²) in [5, 5.41) is 0.929. The number of imidazole rings is 1. The first-order chi connectivity index (χ1) is 16.0. The van der Waals surface area contributed by atoms with Crippen LogP contribution in [0.4, 0.5) is 0 Å². The highest BCUT2D eigenvalue weighted by molar-refractivity contribution is 6.04. The molecule has 0 bridgehead atoms. The lowest BCUT2D eigenvalue weighted by Crippen LogP contribution is -2.41. The van der Waals surface area contributed by atoms with Crippen molar-refractivity contribution < 1.29 is 9.53 Å². The molecule has 0 unspecified atom stereocenters. The number of ether oxygens (including phenoxy) is 1. The number of likely N-dealkylation sites (tertiary alicyclic amines) is 1. The van der Waals surface area contributed by atoms with E-state index in [1.54, 1.807) is 31.1 Å². The standard InChI is InChI=1S/C24H26N6O3/c1-28-20-13-26-19-5-3-15(16-4-6-22(33-2)27-12-16)11-18(19)23(20)30(24(28)32)17-7-9-29(10-8-17)14-21(25)31/h3-6,11-13,17H,7-10,14H2,1-2H3,(H2,25,31). The molecule has 3 aromatic heterocycles. The molecule has 9 heteroatoms. The molecule has 1 aliphatic rings. The van der Waals surface area contributed by atoms with Crippen molar-refractivity contribution in [3.63, 3.8) is 0 Å².